The van der Waals surface area contributed by atoms with Gasteiger partial charge >= 0.3 is 12.1 Å². The number of aliphatic carboxylic acids is 1. The highest BCUT2D eigenvalue weighted by Gasteiger charge is 2.35. The zero-order valence-corrected chi connectivity index (χ0v) is 16.6. The molecule has 1 fully saturated rings. The van der Waals surface area contributed by atoms with Crippen molar-refractivity contribution in [2.24, 2.45) is 5.41 Å². The molecule has 0 bridgehead atoms. The van der Waals surface area contributed by atoms with Crippen molar-refractivity contribution in [3.8, 4) is 0 Å². The van der Waals surface area contributed by atoms with Gasteiger partial charge in [-0.25, -0.2) is 9.59 Å². The molecule has 1 amide bonds. The van der Waals surface area contributed by atoms with E-state index in [2.05, 4.69) is 38.3 Å². The van der Waals surface area contributed by atoms with Crippen LogP contribution in [0.1, 0.15) is 67.7 Å². The van der Waals surface area contributed by atoms with Gasteiger partial charge < -0.3 is 25.6 Å². The molecule has 4 N–H and O–H groups in total. The normalized spacial score (nSPS) is 21.5. The number of hydrogen-bond acceptors (Lipinski definition) is 5. The van der Waals surface area contributed by atoms with Crippen LogP contribution >= 0.6 is 0 Å². The molecule has 7 nitrogen and oxygen atoms in total. The molecule has 1 rings (SSSR count). The summed E-state index contributed by atoms with van der Waals surface area (Å²) in [6.07, 6.45) is 0.0682. The van der Waals surface area contributed by atoms with E-state index in [0.717, 1.165) is 6.42 Å². The molecule has 0 aromatic rings. The number of ether oxygens (including phenoxy) is 1. The topological polar surface area (TPSA) is 108 Å². The second kappa shape index (κ2) is 10.6. The predicted molar refractivity (Wildman–Crippen MR) is 97.5 cm³/mol. The third-order valence-electron chi connectivity index (χ3n) is 3.72. The number of carbonyl (C=O) groups excluding carboxylic acids is 1. The Morgan fingerprint density at radius 1 is 1.08 bits per heavy atom. The first-order valence-electron chi connectivity index (χ1n) is 8.98. The van der Waals surface area contributed by atoms with Crippen LogP contribution < -0.4 is 10.6 Å². The van der Waals surface area contributed by atoms with Crippen LogP contribution in [0, 0.1) is 5.41 Å². The number of amides is 1. The van der Waals surface area contributed by atoms with Crippen molar-refractivity contribution in [2.75, 3.05) is 0 Å². The fourth-order valence-electron chi connectivity index (χ4n) is 2.65. The highest BCUT2D eigenvalue weighted by Crippen LogP contribution is 2.23. The molecule has 0 spiro atoms. The Kier molecular flexibility index (Phi) is 10.0. The molecule has 0 aliphatic heterocycles. The van der Waals surface area contributed by atoms with Gasteiger partial charge in [-0.2, -0.15) is 0 Å². The van der Waals surface area contributed by atoms with Crippen LogP contribution in [0.25, 0.3) is 0 Å². The second-order valence-electron chi connectivity index (χ2n) is 8.20. The molecular formula is C18H36N2O5. The number of aliphatic hydroxyl groups excluding tert-OH is 1. The third kappa shape index (κ3) is 10.3. The summed E-state index contributed by atoms with van der Waals surface area (Å²) < 4.78 is 5.04. The Bertz CT molecular complexity index is 412. The quantitative estimate of drug-likeness (QED) is 0.600. The molecule has 3 atom stereocenters. The maximum atomic E-state index is 11.6. The molecule has 0 radical (unpaired) electrons. The summed E-state index contributed by atoms with van der Waals surface area (Å²) in [6, 6.07) is 0.226. The van der Waals surface area contributed by atoms with Crippen LogP contribution in [0.5, 0.6) is 0 Å². The Balaban J connectivity index is 0.000000697. The molecule has 7 heteroatoms. The molecule has 148 valence electrons. The fourth-order valence-corrected chi connectivity index (χ4v) is 2.65. The summed E-state index contributed by atoms with van der Waals surface area (Å²) >= 11 is 0. The molecule has 0 saturated heterocycles. The van der Waals surface area contributed by atoms with E-state index in [1.165, 1.54) is 0 Å². The summed E-state index contributed by atoms with van der Waals surface area (Å²) in [5.41, 5.74) is -0.612. The first-order valence-corrected chi connectivity index (χ1v) is 8.98. The standard InChI is InChI=1S/C12H21NO5.C6H15N/c1-12(2,3)9(10(15)16)13-11(17)18-8-6-4-5-7(8)14;1-5(2)7-6(3)4/h7-9,14H,4-6H2,1-3H3,(H,13,17)(H,15,16);5-7H,1-4H3/t7-,8-,9+;/m1./s1. The average molecular weight is 360 g/mol. The fraction of sp³-hybridized carbons (Fsp3) is 0.889. The van der Waals surface area contributed by atoms with E-state index in [1.54, 1.807) is 20.8 Å². The van der Waals surface area contributed by atoms with Crippen LogP contribution in [0.15, 0.2) is 0 Å². The van der Waals surface area contributed by atoms with Crippen LogP contribution in [0.3, 0.4) is 0 Å². The van der Waals surface area contributed by atoms with Crippen molar-refractivity contribution in [1.82, 2.24) is 10.6 Å². The third-order valence-corrected chi connectivity index (χ3v) is 3.72. The monoisotopic (exact) mass is 360 g/mol. The molecular weight excluding hydrogens is 324 g/mol. The molecule has 0 unspecified atom stereocenters. The Hall–Kier alpha value is -1.34. The van der Waals surface area contributed by atoms with Gasteiger partial charge in [-0.1, -0.05) is 48.5 Å². The van der Waals surface area contributed by atoms with E-state index in [0.29, 0.717) is 24.9 Å². The van der Waals surface area contributed by atoms with Gasteiger partial charge in [0.15, 0.2) is 0 Å². The molecule has 1 aliphatic rings. The van der Waals surface area contributed by atoms with Gasteiger partial charge in [-0.15, -0.1) is 0 Å². The van der Waals surface area contributed by atoms with Gasteiger partial charge in [0, 0.05) is 12.1 Å². The van der Waals surface area contributed by atoms with E-state index in [9.17, 15) is 14.7 Å². The molecule has 25 heavy (non-hydrogen) atoms. The Morgan fingerprint density at radius 2 is 1.60 bits per heavy atom. The molecule has 0 aromatic carbocycles. The predicted octanol–water partition coefficient (Wildman–Crippen LogP) is 2.52. The summed E-state index contributed by atoms with van der Waals surface area (Å²) in [6.45, 7) is 13.8. The van der Waals surface area contributed by atoms with Gasteiger partial charge in [0.2, 0.25) is 0 Å². The highest BCUT2D eigenvalue weighted by atomic mass is 16.6. The number of rotatable bonds is 5. The number of hydrogen-bond donors (Lipinski definition) is 4. The lowest BCUT2D eigenvalue weighted by Crippen LogP contribution is -2.50. The zero-order valence-electron chi connectivity index (χ0n) is 16.6. The van der Waals surface area contributed by atoms with Crippen LogP contribution in [-0.2, 0) is 9.53 Å². The van der Waals surface area contributed by atoms with E-state index < -0.39 is 35.7 Å². The first-order chi connectivity index (χ1) is 11.3. The number of nitrogens with one attached hydrogen (secondary N) is 2. The summed E-state index contributed by atoms with van der Waals surface area (Å²) in [7, 11) is 0. The van der Waals surface area contributed by atoms with E-state index >= 15 is 0 Å². The molecule has 0 aromatic heterocycles. The van der Waals surface area contributed by atoms with Gasteiger partial charge in [0.1, 0.15) is 12.1 Å². The van der Waals surface area contributed by atoms with Gasteiger partial charge in [-0.05, 0) is 24.7 Å². The maximum absolute atomic E-state index is 11.6. The minimum absolute atomic E-state index is 0.528. The van der Waals surface area contributed by atoms with Crippen molar-refractivity contribution in [1.29, 1.82) is 0 Å². The first kappa shape index (κ1) is 23.7. The Morgan fingerprint density at radius 3 is 1.88 bits per heavy atom. The van der Waals surface area contributed by atoms with Crippen molar-refractivity contribution in [3.63, 3.8) is 0 Å². The number of aliphatic hydroxyl groups is 1. The summed E-state index contributed by atoms with van der Waals surface area (Å²) in [5, 5.41) is 24.2. The lowest BCUT2D eigenvalue weighted by atomic mass is 9.87. The van der Waals surface area contributed by atoms with Crippen LogP contribution in [-0.4, -0.2) is 52.6 Å². The lowest BCUT2D eigenvalue weighted by molar-refractivity contribution is -0.142. The maximum Gasteiger partial charge on any atom is 0.408 e. The van der Waals surface area contributed by atoms with Crippen molar-refractivity contribution < 1.29 is 24.5 Å². The van der Waals surface area contributed by atoms with Crippen molar-refractivity contribution in [3.05, 3.63) is 0 Å². The van der Waals surface area contributed by atoms with E-state index in [1.807, 2.05) is 0 Å². The summed E-state index contributed by atoms with van der Waals surface area (Å²) in [5.74, 6) is -1.11. The minimum Gasteiger partial charge on any atom is -0.480 e. The van der Waals surface area contributed by atoms with Gasteiger partial charge in [0.05, 0.1) is 6.10 Å². The van der Waals surface area contributed by atoms with Crippen LogP contribution in [0.4, 0.5) is 4.79 Å². The second-order valence-corrected chi connectivity index (χ2v) is 8.20. The van der Waals surface area contributed by atoms with Gasteiger partial charge in [0.25, 0.3) is 0 Å². The smallest absolute Gasteiger partial charge is 0.408 e. The number of carboxylic acid groups (broad SMARTS) is 1. The molecule has 0 heterocycles. The van der Waals surface area contributed by atoms with Crippen molar-refractivity contribution in [2.45, 2.75) is 98.1 Å². The molecule has 1 saturated carbocycles. The SMILES string of the molecule is CC(C)(C)[C@@H](NC(=O)O[C@@H]1CCC[C@H]1O)C(=O)O.CC(C)NC(C)C. The average Bonchev–Trinajstić information content (AvgIpc) is 2.79. The highest BCUT2D eigenvalue weighted by molar-refractivity contribution is 5.80. The number of carboxylic acids is 1. The molecule has 1 aliphatic carbocycles. The number of alkyl carbamates (subject to hydrolysis) is 1. The zero-order chi connectivity index (χ0) is 19.8. The van der Waals surface area contributed by atoms with Crippen LogP contribution in [0.2, 0.25) is 0 Å². The van der Waals surface area contributed by atoms with E-state index in [-0.39, 0.29) is 0 Å². The number of carbonyl (C=O) groups is 2. The summed E-state index contributed by atoms with van der Waals surface area (Å²) in [4.78, 5) is 22.7. The Labute approximate surface area is 151 Å². The van der Waals surface area contributed by atoms with E-state index in [4.69, 9.17) is 9.84 Å². The largest absolute Gasteiger partial charge is 0.480 e. The van der Waals surface area contributed by atoms with Gasteiger partial charge in [-0.3, -0.25) is 0 Å². The van der Waals surface area contributed by atoms with Crippen molar-refractivity contribution >= 4 is 12.1 Å². The lowest BCUT2D eigenvalue weighted by Gasteiger charge is -2.28. The minimum atomic E-state index is -1.11.